The second-order valence-corrected chi connectivity index (χ2v) is 21.5. The Morgan fingerprint density at radius 1 is 1.04 bits per heavy atom. The summed E-state index contributed by atoms with van der Waals surface area (Å²) in [6.07, 6.45) is 14.7. The second kappa shape index (κ2) is 17.4. The number of ether oxygens (including phenoxy) is 2. The Labute approximate surface area is 315 Å². The van der Waals surface area contributed by atoms with Crippen molar-refractivity contribution in [3.05, 3.63) is 12.0 Å². The van der Waals surface area contributed by atoms with Crippen LogP contribution in [-0.4, -0.2) is 115 Å². The standard InChI is InChI=1S/C26H35F2N6O3.C13H27.Sn/c1-25(2,3)37-24(35)32(4)18-7-5-9-33(15-18)22-19-12-29-13-20(28)21(19)30-23(31-22)36-16-26-8-6-10-34(26)14-17(27)11-26;1-4-7-10-13(11-8-5-2)12-9-6-3;/h12,17-18H,5-11,14-16H2,1-4H3;4-12H2,1-3H3;/t17-,18-,26+;;/m1../s1. The average molecular weight is 820 g/mol. The van der Waals surface area contributed by atoms with Crippen LogP contribution < -0.4 is 13.3 Å². The molecule has 0 spiro atoms. The molecular formula is C39H62F2N6O3Sn. The topological polar surface area (TPSA) is 83.9 Å². The number of piperidine rings is 1. The van der Waals surface area contributed by atoms with Crippen molar-refractivity contribution >= 4 is 47.7 Å². The van der Waals surface area contributed by atoms with Crippen LogP contribution in [0.1, 0.15) is 131 Å². The van der Waals surface area contributed by atoms with E-state index >= 15 is 4.39 Å². The van der Waals surface area contributed by atoms with Gasteiger partial charge < -0.3 is 0 Å². The number of amides is 1. The second-order valence-electron chi connectivity index (χ2n) is 16.4. The molecule has 2 radical (unpaired) electrons. The molecule has 3 aliphatic heterocycles. The molecule has 3 aliphatic rings. The molecule has 0 bridgehead atoms. The zero-order valence-corrected chi connectivity index (χ0v) is 35.2. The van der Waals surface area contributed by atoms with E-state index in [-0.39, 0.29) is 45.1 Å². The summed E-state index contributed by atoms with van der Waals surface area (Å²) in [7, 11) is 1.78. The summed E-state index contributed by atoms with van der Waals surface area (Å²) in [5.41, 5.74) is -0.718. The number of nitrogens with zero attached hydrogens (tertiary/aromatic N) is 6. The Bertz CT molecular complexity index is 1450. The summed E-state index contributed by atoms with van der Waals surface area (Å²) in [5, 5.41) is 0.565. The van der Waals surface area contributed by atoms with Gasteiger partial charge in [-0.05, 0) is 20.8 Å². The molecule has 0 saturated carbocycles. The van der Waals surface area contributed by atoms with Crippen molar-refractivity contribution in [3.63, 3.8) is 0 Å². The van der Waals surface area contributed by atoms with Gasteiger partial charge in [0.1, 0.15) is 0 Å². The molecule has 1 amide bonds. The van der Waals surface area contributed by atoms with E-state index in [1.807, 2.05) is 20.8 Å². The van der Waals surface area contributed by atoms with Gasteiger partial charge in [-0.1, -0.05) is 0 Å². The van der Waals surface area contributed by atoms with Crippen LogP contribution in [0.2, 0.25) is 3.43 Å². The first-order valence-electron chi connectivity index (χ1n) is 19.7. The number of hydrogen-bond acceptors (Lipinski definition) is 8. The third kappa shape index (κ3) is 9.75. The number of alkyl halides is 1. The number of carbonyl (C=O) groups is 1. The Morgan fingerprint density at radius 3 is 2.37 bits per heavy atom. The van der Waals surface area contributed by atoms with Crippen LogP contribution in [0.4, 0.5) is 19.4 Å². The number of pyridine rings is 1. The SMILES string of the molecule is CCCC[C](CCCC)(CCCC)[Sn][c]1ncc2c(N3CCC[C@@H](N(C)C(=O)OC(C)(C)C)C3)nc(OC[C@@]34CCCN3C[C@H](F)C4)nc2c1F. The summed E-state index contributed by atoms with van der Waals surface area (Å²) in [6, 6.07) is 0.00988. The molecule has 2 aromatic rings. The third-order valence-electron chi connectivity index (χ3n) is 11.2. The zero-order valence-electron chi connectivity index (χ0n) is 32.3. The van der Waals surface area contributed by atoms with Crippen LogP contribution in [0.25, 0.3) is 10.9 Å². The van der Waals surface area contributed by atoms with Gasteiger partial charge in [-0.3, -0.25) is 0 Å². The first kappa shape index (κ1) is 40.2. The van der Waals surface area contributed by atoms with E-state index in [2.05, 4.69) is 30.6 Å². The molecule has 2 aromatic heterocycles. The summed E-state index contributed by atoms with van der Waals surface area (Å²) in [4.78, 5) is 33.7. The molecule has 51 heavy (non-hydrogen) atoms. The van der Waals surface area contributed by atoms with Crippen molar-refractivity contribution in [1.29, 1.82) is 0 Å². The molecule has 0 N–H and O–H groups in total. The zero-order chi connectivity index (χ0) is 36.8. The van der Waals surface area contributed by atoms with Gasteiger partial charge in [0.2, 0.25) is 0 Å². The number of fused-ring (bicyclic) bond motifs is 2. The number of halogens is 2. The van der Waals surface area contributed by atoms with Crippen molar-refractivity contribution in [2.24, 2.45) is 0 Å². The number of likely N-dealkylation sites (N-methyl/N-ethyl adjacent to an activating group) is 1. The average Bonchev–Trinajstić information content (AvgIpc) is 3.63. The molecule has 12 heteroatoms. The maximum atomic E-state index is 17.1. The molecule has 5 heterocycles. The fourth-order valence-electron chi connectivity index (χ4n) is 8.37. The molecular weight excluding hydrogens is 757 g/mol. The Morgan fingerprint density at radius 2 is 1.73 bits per heavy atom. The quantitative estimate of drug-likeness (QED) is 0.158. The Kier molecular flexibility index (Phi) is 13.7. The van der Waals surface area contributed by atoms with Gasteiger partial charge in [-0.2, -0.15) is 0 Å². The van der Waals surface area contributed by atoms with Crippen molar-refractivity contribution in [1.82, 2.24) is 24.8 Å². The summed E-state index contributed by atoms with van der Waals surface area (Å²) >= 11 is -1.50. The summed E-state index contributed by atoms with van der Waals surface area (Å²) in [5.74, 6) is 0.247. The molecule has 3 fully saturated rings. The van der Waals surface area contributed by atoms with Gasteiger partial charge in [-0.15, -0.1) is 0 Å². The molecule has 0 unspecified atom stereocenters. The number of anilines is 1. The fourth-order valence-corrected chi connectivity index (χ4v) is 13.4. The van der Waals surface area contributed by atoms with E-state index in [9.17, 15) is 9.18 Å². The first-order valence-corrected chi connectivity index (χ1v) is 22.5. The van der Waals surface area contributed by atoms with E-state index in [1.165, 1.54) is 0 Å². The molecule has 5 rings (SSSR count). The normalized spacial score (nSPS) is 22.8. The van der Waals surface area contributed by atoms with Crippen molar-refractivity contribution in [2.75, 3.05) is 44.7 Å². The number of carbonyl (C=O) groups excluding carboxylic acids is 1. The van der Waals surface area contributed by atoms with Crippen LogP contribution in [0, 0.1) is 5.82 Å². The van der Waals surface area contributed by atoms with E-state index < -0.39 is 32.9 Å². The van der Waals surface area contributed by atoms with E-state index in [0.717, 1.165) is 90.0 Å². The van der Waals surface area contributed by atoms with Gasteiger partial charge in [0.25, 0.3) is 0 Å². The van der Waals surface area contributed by atoms with Crippen LogP contribution >= 0.6 is 0 Å². The van der Waals surface area contributed by atoms with Gasteiger partial charge >= 0.3 is 296 Å². The number of hydrogen-bond donors (Lipinski definition) is 0. The van der Waals surface area contributed by atoms with Gasteiger partial charge in [0.15, 0.2) is 0 Å². The Balaban J connectivity index is 1.52. The molecule has 9 nitrogen and oxygen atoms in total. The Hall–Kier alpha value is -2.02. The fraction of sp³-hybridized carbons (Fsp3) is 0.795. The number of rotatable bonds is 16. The predicted octanol–water partition coefficient (Wildman–Crippen LogP) is 8.01. The molecule has 0 aliphatic carbocycles. The van der Waals surface area contributed by atoms with Crippen molar-refractivity contribution in [2.45, 2.75) is 158 Å². The minimum absolute atomic E-state index is 0.114. The maximum absolute atomic E-state index is 17.1. The van der Waals surface area contributed by atoms with E-state index in [4.69, 9.17) is 24.4 Å². The van der Waals surface area contributed by atoms with Gasteiger partial charge in [-0.25, -0.2) is 0 Å². The number of unbranched alkanes of at least 4 members (excludes halogenated alkanes) is 3. The first-order chi connectivity index (χ1) is 24.3. The van der Waals surface area contributed by atoms with Gasteiger partial charge in [0, 0.05) is 0 Å². The molecule has 3 atom stereocenters. The van der Waals surface area contributed by atoms with E-state index in [1.54, 1.807) is 18.1 Å². The van der Waals surface area contributed by atoms with Crippen molar-refractivity contribution < 1.29 is 23.0 Å². The van der Waals surface area contributed by atoms with Crippen molar-refractivity contribution in [3.8, 4) is 6.01 Å². The summed E-state index contributed by atoms with van der Waals surface area (Å²) < 4.78 is 44.5. The van der Waals surface area contributed by atoms with Crippen LogP contribution in [0.3, 0.4) is 0 Å². The van der Waals surface area contributed by atoms with Gasteiger partial charge in [0.05, 0.1) is 0 Å². The minimum atomic E-state index is -1.50. The monoisotopic (exact) mass is 820 g/mol. The molecule has 3 saturated heterocycles. The predicted molar refractivity (Wildman–Crippen MR) is 202 cm³/mol. The third-order valence-corrected chi connectivity index (χ3v) is 16.5. The van der Waals surface area contributed by atoms with Crippen LogP contribution in [0.5, 0.6) is 6.01 Å². The van der Waals surface area contributed by atoms with E-state index in [0.29, 0.717) is 41.0 Å². The molecule has 284 valence electrons. The number of aromatic nitrogens is 3. The van der Waals surface area contributed by atoms with Crippen LogP contribution in [-0.2, 0) is 4.74 Å². The summed E-state index contributed by atoms with van der Waals surface area (Å²) in [6.45, 7) is 15.1. The molecule has 0 aromatic carbocycles. The van der Waals surface area contributed by atoms with Crippen LogP contribution in [0.15, 0.2) is 6.20 Å².